The van der Waals surface area contributed by atoms with Gasteiger partial charge < -0.3 is 24.3 Å². The molecule has 1 aromatic heterocycles. The minimum absolute atomic E-state index is 0.229. The van der Waals surface area contributed by atoms with Crippen LogP contribution in [0, 0.1) is 11.7 Å². The molecule has 1 N–H and O–H groups in total. The number of ether oxygens (including phenoxy) is 2. The lowest BCUT2D eigenvalue weighted by molar-refractivity contribution is 0.0919. The average molecular weight is 580 g/mol. The molecule has 0 bridgehead atoms. The number of carbonyl (C=O) groups is 1. The molecule has 3 aromatic carbocycles. The van der Waals surface area contributed by atoms with Crippen molar-refractivity contribution in [1.82, 2.24) is 9.88 Å². The molecule has 8 heteroatoms. The van der Waals surface area contributed by atoms with Crippen molar-refractivity contribution in [2.24, 2.45) is 5.92 Å². The Labute approximate surface area is 247 Å². The van der Waals surface area contributed by atoms with Crippen LogP contribution in [0.1, 0.15) is 34.3 Å². The molecule has 4 aromatic rings. The Hall–Kier alpha value is -3.23. The van der Waals surface area contributed by atoms with Gasteiger partial charge in [0.05, 0.1) is 12.1 Å². The number of hydrogen-bond acceptors (Lipinski definition) is 5. The summed E-state index contributed by atoms with van der Waals surface area (Å²) in [6, 6.07) is 20.8. The molecular formula is C33H39ClFN3O3. The number of benzene rings is 3. The summed E-state index contributed by atoms with van der Waals surface area (Å²) in [4.78, 5) is 13.2. The first kappa shape index (κ1) is 30.7. The fourth-order valence-corrected chi connectivity index (χ4v) is 5.27. The number of anilines is 1. The van der Waals surface area contributed by atoms with Gasteiger partial charge in [-0.05, 0) is 84.5 Å². The van der Waals surface area contributed by atoms with E-state index in [1.54, 1.807) is 26.4 Å². The van der Waals surface area contributed by atoms with Gasteiger partial charge in [0.25, 0.3) is 0 Å². The maximum atomic E-state index is 14.5. The van der Waals surface area contributed by atoms with Crippen LogP contribution < -0.4 is 10.2 Å². The molecule has 1 aliphatic rings. The van der Waals surface area contributed by atoms with Crippen LogP contribution in [0.4, 0.5) is 10.1 Å². The van der Waals surface area contributed by atoms with Gasteiger partial charge in [-0.1, -0.05) is 23.7 Å². The van der Waals surface area contributed by atoms with E-state index in [9.17, 15) is 9.18 Å². The molecule has 6 nitrogen and oxygen atoms in total. The lowest BCUT2D eigenvalue weighted by Crippen LogP contribution is -2.35. The van der Waals surface area contributed by atoms with E-state index in [2.05, 4.69) is 25.6 Å². The van der Waals surface area contributed by atoms with Crippen molar-refractivity contribution in [1.29, 1.82) is 0 Å². The Morgan fingerprint density at radius 3 is 2.41 bits per heavy atom. The molecule has 1 aliphatic heterocycles. The highest BCUT2D eigenvalue weighted by atomic mass is 35.5. The second-order valence-electron chi connectivity index (χ2n) is 10.4. The van der Waals surface area contributed by atoms with Crippen molar-refractivity contribution in [2.75, 3.05) is 52.0 Å². The zero-order chi connectivity index (χ0) is 29.0. The van der Waals surface area contributed by atoms with Crippen LogP contribution >= 0.6 is 11.6 Å². The highest BCUT2D eigenvalue weighted by molar-refractivity contribution is 6.30. The molecule has 1 saturated heterocycles. The molecule has 2 heterocycles. The quantitative estimate of drug-likeness (QED) is 0.161. The van der Waals surface area contributed by atoms with Gasteiger partial charge in [-0.2, -0.15) is 0 Å². The highest BCUT2D eigenvalue weighted by Gasteiger charge is 2.19. The van der Waals surface area contributed by atoms with Gasteiger partial charge in [0.2, 0.25) is 0 Å². The summed E-state index contributed by atoms with van der Waals surface area (Å²) in [5, 5.41) is 5.18. The lowest BCUT2D eigenvalue weighted by atomic mass is 9.97. The smallest absolute Gasteiger partial charge is 0.150 e. The zero-order valence-electron chi connectivity index (χ0n) is 23.8. The SMILES string of the molecule is COC.O=Cc1ccc(N2CCC(COCCNCc3cc(F)cc4c3ccn4Cc3ccc(Cl)cc3)CC2)cc1. The zero-order valence-corrected chi connectivity index (χ0v) is 24.6. The summed E-state index contributed by atoms with van der Waals surface area (Å²) < 4.78 is 26.7. The molecule has 0 saturated carbocycles. The third kappa shape index (κ3) is 8.88. The summed E-state index contributed by atoms with van der Waals surface area (Å²) >= 11 is 6.00. The first-order chi connectivity index (χ1) is 20.0. The Bertz CT molecular complexity index is 1370. The van der Waals surface area contributed by atoms with Crippen molar-refractivity contribution in [2.45, 2.75) is 25.9 Å². The van der Waals surface area contributed by atoms with E-state index in [-0.39, 0.29) is 5.82 Å². The molecule has 0 atom stereocenters. The second kappa shape index (κ2) is 15.7. The van der Waals surface area contributed by atoms with Gasteiger partial charge >= 0.3 is 0 Å². The van der Waals surface area contributed by atoms with Crippen LogP contribution in [0.15, 0.2) is 72.9 Å². The minimum Gasteiger partial charge on any atom is -0.388 e. The molecule has 218 valence electrons. The predicted molar refractivity (Wildman–Crippen MR) is 165 cm³/mol. The van der Waals surface area contributed by atoms with Gasteiger partial charge in [0.1, 0.15) is 12.1 Å². The van der Waals surface area contributed by atoms with Crippen LogP contribution in [-0.2, 0) is 22.6 Å². The predicted octanol–water partition coefficient (Wildman–Crippen LogP) is 6.58. The first-order valence-electron chi connectivity index (χ1n) is 14.0. The van der Waals surface area contributed by atoms with E-state index in [0.717, 1.165) is 60.9 Å². The van der Waals surface area contributed by atoms with Gasteiger partial charge in [0.15, 0.2) is 0 Å². The van der Waals surface area contributed by atoms with Crippen LogP contribution in [0.3, 0.4) is 0 Å². The number of aldehydes is 1. The van der Waals surface area contributed by atoms with Crippen molar-refractivity contribution >= 4 is 34.5 Å². The highest BCUT2D eigenvalue weighted by Crippen LogP contribution is 2.25. The Morgan fingerprint density at radius 2 is 1.73 bits per heavy atom. The monoisotopic (exact) mass is 579 g/mol. The van der Waals surface area contributed by atoms with E-state index in [1.165, 1.54) is 5.69 Å². The number of halogens is 2. The van der Waals surface area contributed by atoms with Crippen molar-refractivity contribution in [3.63, 3.8) is 0 Å². The van der Waals surface area contributed by atoms with Crippen molar-refractivity contribution in [3.8, 4) is 0 Å². The number of rotatable bonds is 11. The van der Waals surface area contributed by atoms with Gasteiger partial charge in [-0.15, -0.1) is 0 Å². The van der Waals surface area contributed by atoms with E-state index in [0.29, 0.717) is 42.7 Å². The van der Waals surface area contributed by atoms with E-state index in [1.807, 2.05) is 54.7 Å². The molecule has 0 amide bonds. The molecular weight excluding hydrogens is 541 g/mol. The Kier molecular flexibility index (Phi) is 11.8. The Morgan fingerprint density at radius 1 is 1.02 bits per heavy atom. The number of hydrogen-bond donors (Lipinski definition) is 1. The molecule has 0 radical (unpaired) electrons. The summed E-state index contributed by atoms with van der Waals surface area (Å²) in [5.41, 5.74) is 4.83. The number of aromatic nitrogens is 1. The number of piperidine rings is 1. The first-order valence-corrected chi connectivity index (χ1v) is 14.4. The average Bonchev–Trinajstić information content (AvgIpc) is 3.39. The third-order valence-electron chi connectivity index (χ3n) is 7.31. The van der Waals surface area contributed by atoms with Gasteiger partial charge in [-0.3, -0.25) is 4.79 Å². The lowest BCUT2D eigenvalue weighted by Gasteiger charge is -2.33. The van der Waals surface area contributed by atoms with Crippen molar-refractivity contribution in [3.05, 3.63) is 100 Å². The summed E-state index contributed by atoms with van der Waals surface area (Å²) in [6.45, 7) is 5.35. The fourth-order valence-electron chi connectivity index (χ4n) is 5.14. The topological polar surface area (TPSA) is 55.7 Å². The largest absolute Gasteiger partial charge is 0.388 e. The van der Waals surface area contributed by atoms with E-state index >= 15 is 0 Å². The maximum Gasteiger partial charge on any atom is 0.150 e. The van der Waals surface area contributed by atoms with Crippen LogP contribution in [0.5, 0.6) is 0 Å². The number of nitrogens with zero attached hydrogens (tertiary/aromatic N) is 2. The summed E-state index contributed by atoms with van der Waals surface area (Å²) in [7, 11) is 3.25. The molecule has 0 spiro atoms. The van der Waals surface area contributed by atoms with Crippen LogP contribution in [-0.4, -0.2) is 57.9 Å². The normalized spacial score (nSPS) is 13.7. The summed E-state index contributed by atoms with van der Waals surface area (Å²) in [6.07, 6.45) is 5.08. The van der Waals surface area contributed by atoms with E-state index in [4.69, 9.17) is 16.3 Å². The Balaban J connectivity index is 0.00000124. The number of nitrogens with one attached hydrogen (secondary N) is 1. The molecule has 41 heavy (non-hydrogen) atoms. The van der Waals surface area contributed by atoms with E-state index < -0.39 is 0 Å². The fraction of sp³-hybridized carbons (Fsp3) is 0.364. The van der Waals surface area contributed by atoms with Gasteiger partial charge in [-0.25, -0.2) is 4.39 Å². The van der Waals surface area contributed by atoms with Crippen LogP contribution in [0.2, 0.25) is 5.02 Å². The maximum absolute atomic E-state index is 14.5. The van der Waals surface area contributed by atoms with Crippen molar-refractivity contribution < 1.29 is 18.7 Å². The molecule has 1 fully saturated rings. The minimum atomic E-state index is -0.229. The number of carbonyl (C=O) groups excluding carboxylic acids is 1. The van der Waals surface area contributed by atoms with Crippen LogP contribution in [0.25, 0.3) is 10.9 Å². The molecule has 0 unspecified atom stereocenters. The van der Waals surface area contributed by atoms with Gasteiger partial charge in [0, 0.05) is 81.4 Å². The number of methoxy groups -OCH3 is 1. The molecule has 0 aliphatic carbocycles. The standard InChI is InChI=1S/C31H33ClFN3O2.C2H6O/c32-27-5-1-23(2-6-27)20-36-15-11-30-26(17-28(33)18-31(30)36)19-34-12-16-38-22-25-9-13-35(14-10-25)29-7-3-24(21-37)4-8-29;1-3-2/h1-8,11,15,17-18,21,25,34H,9-10,12-14,16,19-20,22H2;1-2H3. The summed E-state index contributed by atoms with van der Waals surface area (Å²) in [5.74, 6) is 0.330. The number of fused-ring (bicyclic) bond motifs is 1. The molecule has 5 rings (SSSR count). The second-order valence-corrected chi connectivity index (χ2v) is 10.8. The third-order valence-corrected chi connectivity index (χ3v) is 7.56.